The van der Waals surface area contributed by atoms with Crippen molar-refractivity contribution in [1.29, 1.82) is 0 Å². The second-order valence-corrected chi connectivity index (χ2v) is 7.07. The fourth-order valence-electron chi connectivity index (χ4n) is 4.12. The number of nitrogens with zero attached hydrogens (tertiary/aromatic N) is 1. The number of hydrogen-bond acceptors (Lipinski definition) is 2. The highest BCUT2D eigenvalue weighted by atomic mass is 16.5. The molecule has 0 unspecified atom stereocenters. The van der Waals surface area contributed by atoms with E-state index in [4.69, 9.17) is 4.74 Å². The highest BCUT2D eigenvalue weighted by Crippen LogP contribution is 2.38. The van der Waals surface area contributed by atoms with Gasteiger partial charge < -0.3 is 14.4 Å². The molecular weight excluding hydrogens is 326 g/mol. The summed E-state index contributed by atoms with van der Waals surface area (Å²) >= 11 is 0. The molecule has 0 atom stereocenters. The first-order valence-electron chi connectivity index (χ1n) is 9.15. The lowest BCUT2D eigenvalue weighted by Crippen LogP contribution is -2.08. The molecule has 4 rings (SSSR count). The SMILES string of the molecule is COc1ccc2c(c1)cc(C1CCCC1)n2Cc1cccc(C(=O)O)c1. The van der Waals surface area contributed by atoms with Gasteiger partial charge in [-0.2, -0.15) is 0 Å². The van der Waals surface area contributed by atoms with E-state index in [2.05, 4.69) is 22.8 Å². The van der Waals surface area contributed by atoms with Gasteiger partial charge in [-0.25, -0.2) is 4.79 Å². The third-order valence-electron chi connectivity index (χ3n) is 5.43. The molecule has 1 aliphatic rings. The van der Waals surface area contributed by atoms with E-state index >= 15 is 0 Å². The van der Waals surface area contributed by atoms with Crippen molar-refractivity contribution >= 4 is 16.9 Å². The lowest BCUT2D eigenvalue weighted by Gasteiger charge is -2.16. The molecule has 0 amide bonds. The monoisotopic (exact) mass is 349 g/mol. The summed E-state index contributed by atoms with van der Waals surface area (Å²) in [5, 5.41) is 10.5. The smallest absolute Gasteiger partial charge is 0.335 e. The number of carboxylic acid groups (broad SMARTS) is 1. The molecule has 1 saturated carbocycles. The molecule has 1 heterocycles. The minimum Gasteiger partial charge on any atom is -0.497 e. The zero-order valence-corrected chi connectivity index (χ0v) is 14.9. The van der Waals surface area contributed by atoms with E-state index in [-0.39, 0.29) is 0 Å². The van der Waals surface area contributed by atoms with Gasteiger partial charge >= 0.3 is 5.97 Å². The molecule has 4 heteroatoms. The van der Waals surface area contributed by atoms with Gasteiger partial charge in [0, 0.05) is 23.1 Å². The van der Waals surface area contributed by atoms with Crippen LogP contribution in [0.3, 0.4) is 0 Å². The highest BCUT2D eigenvalue weighted by molar-refractivity contribution is 5.87. The number of benzene rings is 2. The van der Waals surface area contributed by atoms with Crippen LogP contribution in [-0.2, 0) is 6.54 Å². The molecule has 0 radical (unpaired) electrons. The summed E-state index contributed by atoms with van der Waals surface area (Å²) in [5.74, 6) is 0.557. The predicted octanol–water partition coefficient (Wildman–Crippen LogP) is 5.05. The van der Waals surface area contributed by atoms with Crippen LogP contribution in [0, 0.1) is 0 Å². The molecular formula is C22H23NO3. The Morgan fingerprint density at radius 1 is 1.15 bits per heavy atom. The number of carboxylic acids is 1. The van der Waals surface area contributed by atoms with Gasteiger partial charge in [-0.1, -0.05) is 25.0 Å². The number of fused-ring (bicyclic) bond motifs is 1. The molecule has 1 fully saturated rings. The standard InChI is InChI=1S/C22H23NO3/c1-26-19-9-10-20-18(12-19)13-21(16-6-2-3-7-16)23(20)14-15-5-4-8-17(11-15)22(24)25/h4-5,8-13,16H,2-3,6-7,14H2,1H3,(H,24,25). The van der Waals surface area contributed by atoms with Gasteiger partial charge in [0.1, 0.15) is 5.75 Å². The molecule has 0 aliphatic heterocycles. The summed E-state index contributed by atoms with van der Waals surface area (Å²) in [6.07, 6.45) is 5.01. The van der Waals surface area contributed by atoms with Crippen molar-refractivity contribution in [3.05, 3.63) is 65.4 Å². The summed E-state index contributed by atoms with van der Waals surface area (Å²) in [5.41, 5.74) is 3.88. The molecule has 1 aromatic heterocycles. The van der Waals surface area contributed by atoms with Gasteiger partial charge in [0.05, 0.1) is 12.7 Å². The average Bonchev–Trinajstić information content (AvgIpc) is 3.29. The lowest BCUT2D eigenvalue weighted by molar-refractivity contribution is 0.0696. The second-order valence-electron chi connectivity index (χ2n) is 7.07. The van der Waals surface area contributed by atoms with Gasteiger partial charge in [-0.05, 0) is 60.7 Å². The van der Waals surface area contributed by atoms with Crippen LogP contribution in [0.5, 0.6) is 5.75 Å². The van der Waals surface area contributed by atoms with E-state index < -0.39 is 5.97 Å². The van der Waals surface area contributed by atoms with Crippen LogP contribution in [-0.4, -0.2) is 22.8 Å². The molecule has 26 heavy (non-hydrogen) atoms. The predicted molar refractivity (Wildman–Crippen MR) is 102 cm³/mol. The largest absolute Gasteiger partial charge is 0.497 e. The average molecular weight is 349 g/mol. The van der Waals surface area contributed by atoms with E-state index in [1.165, 1.54) is 42.3 Å². The number of aromatic carboxylic acids is 1. The first-order valence-corrected chi connectivity index (χ1v) is 9.15. The molecule has 1 aliphatic carbocycles. The van der Waals surface area contributed by atoms with Crippen molar-refractivity contribution in [3.8, 4) is 5.75 Å². The number of carbonyl (C=O) groups is 1. The zero-order chi connectivity index (χ0) is 18.1. The summed E-state index contributed by atoms with van der Waals surface area (Å²) in [6.45, 7) is 0.683. The number of hydrogen-bond donors (Lipinski definition) is 1. The van der Waals surface area contributed by atoms with E-state index in [0.29, 0.717) is 18.0 Å². The second kappa shape index (κ2) is 6.87. The Morgan fingerprint density at radius 3 is 2.69 bits per heavy atom. The van der Waals surface area contributed by atoms with Gasteiger partial charge in [0.25, 0.3) is 0 Å². The Balaban J connectivity index is 1.80. The Hall–Kier alpha value is -2.75. The van der Waals surface area contributed by atoms with Crippen LogP contribution in [0.2, 0.25) is 0 Å². The molecule has 0 saturated heterocycles. The third kappa shape index (κ3) is 3.07. The minimum atomic E-state index is -0.884. The van der Waals surface area contributed by atoms with Gasteiger partial charge in [0.15, 0.2) is 0 Å². The fourth-order valence-corrected chi connectivity index (χ4v) is 4.12. The maximum Gasteiger partial charge on any atom is 0.335 e. The van der Waals surface area contributed by atoms with Crippen LogP contribution in [0.4, 0.5) is 0 Å². The number of aromatic nitrogens is 1. The van der Waals surface area contributed by atoms with Crippen LogP contribution >= 0.6 is 0 Å². The molecule has 3 aromatic rings. The fraction of sp³-hybridized carbons (Fsp3) is 0.318. The molecule has 0 spiro atoms. The highest BCUT2D eigenvalue weighted by Gasteiger charge is 2.22. The van der Waals surface area contributed by atoms with Gasteiger partial charge in [-0.3, -0.25) is 0 Å². The molecule has 0 bridgehead atoms. The van der Waals surface area contributed by atoms with E-state index in [0.717, 1.165) is 11.3 Å². The third-order valence-corrected chi connectivity index (χ3v) is 5.43. The summed E-state index contributed by atoms with van der Waals surface area (Å²) in [6, 6.07) is 15.7. The van der Waals surface area contributed by atoms with Crippen molar-refractivity contribution in [2.75, 3.05) is 7.11 Å². The number of ether oxygens (including phenoxy) is 1. The van der Waals surface area contributed by atoms with Crippen LogP contribution < -0.4 is 4.74 Å². The van der Waals surface area contributed by atoms with E-state index in [1.54, 1.807) is 19.2 Å². The number of rotatable bonds is 5. The van der Waals surface area contributed by atoms with Crippen molar-refractivity contribution in [2.24, 2.45) is 0 Å². The topological polar surface area (TPSA) is 51.5 Å². The van der Waals surface area contributed by atoms with Crippen molar-refractivity contribution in [1.82, 2.24) is 4.57 Å². The molecule has 134 valence electrons. The summed E-state index contributed by atoms with van der Waals surface area (Å²) in [4.78, 5) is 11.3. The number of methoxy groups -OCH3 is 1. The van der Waals surface area contributed by atoms with Gasteiger partial charge in [-0.15, -0.1) is 0 Å². The zero-order valence-electron chi connectivity index (χ0n) is 14.9. The first kappa shape index (κ1) is 16.7. The maximum atomic E-state index is 11.3. The van der Waals surface area contributed by atoms with Crippen molar-refractivity contribution in [3.63, 3.8) is 0 Å². The normalized spacial score (nSPS) is 14.8. The molecule has 4 nitrogen and oxygen atoms in total. The first-order chi connectivity index (χ1) is 12.7. The minimum absolute atomic E-state index is 0.336. The molecule has 1 N–H and O–H groups in total. The van der Waals surface area contributed by atoms with Crippen molar-refractivity contribution in [2.45, 2.75) is 38.1 Å². The lowest BCUT2D eigenvalue weighted by atomic mass is 10.0. The Labute approximate surface area is 153 Å². The van der Waals surface area contributed by atoms with Gasteiger partial charge in [0.2, 0.25) is 0 Å². The molecule has 2 aromatic carbocycles. The Morgan fingerprint density at radius 2 is 1.96 bits per heavy atom. The summed E-state index contributed by atoms with van der Waals surface area (Å²) < 4.78 is 7.74. The Kier molecular flexibility index (Phi) is 4.41. The summed E-state index contributed by atoms with van der Waals surface area (Å²) in [7, 11) is 1.69. The van der Waals surface area contributed by atoms with E-state index in [9.17, 15) is 9.90 Å². The quantitative estimate of drug-likeness (QED) is 0.701. The van der Waals surface area contributed by atoms with Crippen molar-refractivity contribution < 1.29 is 14.6 Å². The Bertz CT molecular complexity index is 951. The van der Waals surface area contributed by atoms with Crippen LogP contribution in [0.1, 0.15) is 53.2 Å². The van der Waals surface area contributed by atoms with E-state index in [1.807, 2.05) is 18.2 Å². The maximum absolute atomic E-state index is 11.3. The van der Waals surface area contributed by atoms with Crippen LogP contribution in [0.25, 0.3) is 10.9 Å². The van der Waals surface area contributed by atoms with Crippen LogP contribution in [0.15, 0.2) is 48.5 Å².